The van der Waals surface area contributed by atoms with Crippen LogP contribution in [0.4, 0.5) is 8.78 Å². The third kappa shape index (κ3) is 3.92. The van der Waals surface area contributed by atoms with Crippen molar-refractivity contribution in [1.29, 1.82) is 0 Å². The number of para-hydroxylation sites is 1. The Morgan fingerprint density at radius 2 is 1.86 bits per heavy atom. The molecule has 0 bridgehead atoms. The Labute approximate surface area is 122 Å². The van der Waals surface area contributed by atoms with Crippen molar-refractivity contribution in [3.05, 3.63) is 59.2 Å². The Hall–Kier alpha value is -2.14. The van der Waals surface area contributed by atoms with Gasteiger partial charge in [-0.15, -0.1) is 0 Å². The van der Waals surface area contributed by atoms with Crippen LogP contribution >= 0.6 is 0 Å². The van der Waals surface area contributed by atoms with Crippen molar-refractivity contribution < 1.29 is 18.6 Å². The number of phenolic OH excluding ortho intramolecular Hbond substituents is 1. The summed E-state index contributed by atoms with van der Waals surface area (Å²) in [5.41, 5.74) is 1.03. The number of benzene rings is 2. The minimum absolute atomic E-state index is 0.0754. The van der Waals surface area contributed by atoms with Gasteiger partial charge in [0, 0.05) is 30.3 Å². The topological polar surface area (TPSA) is 41.5 Å². The van der Waals surface area contributed by atoms with E-state index in [1.807, 2.05) is 6.92 Å². The van der Waals surface area contributed by atoms with Gasteiger partial charge < -0.3 is 15.2 Å². The highest BCUT2D eigenvalue weighted by Gasteiger charge is 2.08. The summed E-state index contributed by atoms with van der Waals surface area (Å²) in [6, 6.07) is 8.68. The Balaban J connectivity index is 1.99. The van der Waals surface area contributed by atoms with Crippen molar-refractivity contribution >= 4 is 0 Å². The molecule has 0 aromatic heterocycles. The highest BCUT2D eigenvalue weighted by atomic mass is 19.1. The predicted molar refractivity (Wildman–Crippen MR) is 76.2 cm³/mol. The van der Waals surface area contributed by atoms with Crippen LogP contribution < -0.4 is 10.1 Å². The van der Waals surface area contributed by atoms with Gasteiger partial charge >= 0.3 is 0 Å². The molecular formula is C16H17F2NO2. The van der Waals surface area contributed by atoms with Gasteiger partial charge in [0.25, 0.3) is 0 Å². The summed E-state index contributed by atoms with van der Waals surface area (Å²) >= 11 is 0. The molecule has 0 aliphatic rings. The number of aromatic hydroxyl groups is 1. The van der Waals surface area contributed by atoms with Gasteiger partial charge in [-0.1, -0.05) is 18.2 Å². The average molecular weight is 293 g/mol. The summed E-state index contributed by atoms with van der Waals surface area (Å²) in [7, 11) is 0. The van der Waals surface area contributed by atoms with Gasteiger partial charge in [-0.05, 0) is 19.1 Å². The van der Waals surface area contributed by atoms with E-state index in [9.17, 15) is 13.9 Å². The minimum Gasteiger partial charge on any atom is -0.504 e. The van der Waals surface area contributed by atoms with Gasteiger partial charge in [-0.3, -0.25) is 0 Å². The molecule has 112 valence electrons. The Morgan fingerprint density at radius 3 is 2.57 bits per heavy atom. The zero-order chi connectivity index (χ0) is 15.2. The fraction of sp³-hybridized carbons (Fsp3) is 0.250. The molecule has 0 saturated carbocycles. The number of ether oxygens (including phenoxy) is 1. The predicted octanol–water partition coefficient (Wildman–Crippen LogP) is 3.36. The molecule has 0 radical (unpaired) electrons. The van der Waals surface area contributed by atoms with Crippen LogP contribution in [0.1, 0.15) is 18.1 Å². The Morgan fingerprint density at radius 1 is 1.10 bits per heavy atom. The molecule has 0 aliphatic carbocycles. The average Bonchev–Trinajstić information content (AvgIpc) is 2.45. The van der Waals surface area contributed by atoms with Crippen molar-refractivity contribution in [3.63, 3.8) is 0 Å². The van der Waals surface area contributed by atoms with Crippen LogP contribution in [0.15, 0.2) is 36.4 Å². The summed E-state index contributed by atoms with van der Waals surface area (Å²) in [4.78, 5) is 0. The van der Waals surface area contributed by atoms with Crippen LogP contribution in [0, 0.1) is 11.6 Å². The summed E-state index contributed by atoms with van der Waals surface area (Å²) < 4.78 is 31.6. The van der Waals surface area contributed by atoms with Gasteiger partial charge in [-0.2, -0.15) is 0 Å². The first-order valence-electron chi connectivity index (χ1n) is 6.70. The normalized spacial score (nSPS) is 10.6. The lowest BCUT2D eigenvalue weighted by atomic mass is 10.1. The van der Waals surface area contributed by atoms with Crippen molar-refractivity contribution in [1.82, 2.24) is 5.32 Å². The first-order chi connectivity index (χ1) is 10.1. The van der Waals surface area contributed by atoms with E-state index < -0.39 is 11.6 Å². The molecule has 0 spiro atoms. The van der Waals surface area contributed by atoms with E-state index >= 15 is 0 Å². The van der Waals surface area contributed by atoms with Crippen LogP contribution in [0.2, 0.25) is 0 Å². The number of rotatable bonds is 6. The Bertz CT molecular complexity index is 617. The molecule has 0 saturated heterocycles. The van der Waals surface area contributed by atoms with Crippen LogP contribution in [-0.2, 0) is 13.1 Å². The number of phenols is 1. The zero-order valence-corrected chi connectivity index (χ0v) is 11.7. The summed E-state index contributed by atoms with van der Waals surface area (Å²) in [6.07, 6.45) is 0. The standard InChI is InChI=1S/C16H17F2NO2/c1-2-21-15-5-3-4-12(16(15)20)10-19-9-11-6-7-13(17)8-14(11)18/h3-8,19-20H,2,9-10H2,1H3. The quantitative estimate of drug-likeness (QED) is 0.858. The monoisotopic (exact) mass is 293 g/mol. The number of hydrogen-bond acceptors (Lipinski definition) is 3. The lowest BCUT2D eigenvalue weighted by molar-refractivity contribution is 0.316. The van der Waals surface area contributed by atoms with E-state index in [4.69, 9.17) is 4.74 Å². The third-order valence-electron chi connectivity index (χ3n) is 3.03. The maximum Gasteiger partial charge on any atom is 0.162 e. The van der Waals surface area contributed by atoms with E-state index in [1.165, 1.54) is 12.1 Å². The fourth-order valence-electron chi connectivity index (χ4n) is 1.98. The molecular weight excluding hydrogens is 276 g/mol. The SMILES string of the molecule is CCOc1cccc(CNCc2ccc(F)cc2F)c1O. The molecule has 0 aliphatic heterocycles. The van der Waals surface area contributed by atoms with Gasteiger partial charge in [0.05, 0.1) is 6.61 Å². The first kappa shape index (κ1) is 15.3. The fourth-order valence-corrected chi connectivity index (χ4v) is 1.98. The third-order valence-corrected chi connectivity index (χ3v) is 3.03. The lowest BCUT2D eigenvalue weighted by Gasteiger charge is -2.11. The lowest BCUT2D eigenvalue weighted by Crippen LogP contribution is -2.14. The molecule has 0 unspecified atom stereocenters. The molecule has 5 heteroatoms. The maximum atomic E-state index is 13.5. The molecule has 0 amide bonds. The highest BCUT2D eigenvalue weighted by molar-refractivity contribution is 5.45. The summed E-state index contributed by atoms with van der Waals surface area (Å²) in [5.74, 6) is -0.690. The van der Waals surface area contributed by atoms with E-state index in [0.717, 1.165) is 6.07 Å². The second kappa shape index (κ2) is 7.04. The second-order valence-corrected chi connectivity index (χ2v) is 4.54. The Kier molecular flexibility index (Phi) is 5.11. The number of halogens is 2. The van der Waals surface area contributed by atoms with Crippen LogP contribution in [-0.4, -0.2) is 11.7 Å². The molecule has 21 heavy (non-hydrogen) atoms. The molecule has 3 nitrogen and oxygen atoms in total. The molecule has 2 N–H and O–H groups in total. The number of hydrogen-bond donors (Lipinski definition) is 2. The highest BCUT2D eigenvalue weighted by Crippen LogP contribution is 2.29. The minimum atomic E-state index is -0.599. The zero-order valence-electron chi connectivity index (χ0n) is 11.7. The van der Waals surface area contributed by atoms with Crippen LogP contribution in [0.5, 0.6) is 11.5 Å². The molecule has 0 atom stereocenters. The molecule has 0 heterocycles. The van der Waals surface area contributed by atoms with Crippen molar-refractivity contribution in [2.24, 2.45) is 0 Å². The molecule has 2 rings (SSSR count). The van der Waals surface area contributed by atoms with Crippen LogP contribution in [0.25, 0.3) is 0 Å². The first-order valence-corrected chi connectivity index (χ1v) is 6.70. The molecule has 2 aromatic rings. The summed E-state index contributed by atoms with van der Waals surface area (Å²) in [5, 5.41) is 13.0. The summed E-state index contributed by atoms with van der Waals surface area (Å²) in [6.45, 7) is 2.89. The number of nitrogens with one attached hydrogen (secondary N) is 1. The van der Waals surface area contributed by atoms with Crippen molar-refractivity contribution in [3.8, 4) is 11.5 Å². The van der Waals surface area contributed by atoms with E-state index in [2.05, 4.69) is 5.32 Å². The van der Waals surface area contributed by atoms with Crippen molar-refractivity contribution in [2.75, 3.05) is 6.61 Å². The largest absolute Gasteiger partial charge is 0.504 e. The molecule has 0 fully saturated rings. The van der Waals surface area contributed by atoms with Gasteiger partial charge in [0.15, 0.2) is 11.5 Å². The second-order valence-electron chi connectivity index (χ2n) is 4.54. The van der Waals surface area contributed by atoms with E-state index in [1.54, 1.807) is 18.2 Å². The van der Waals surface area contributed by atoms with Crippen LogP contribution in [0.3, 0.4) is 0 Å². The van der Waals surface area contributed by atoms with Gasteiger partial charge in [0.1, 0.15) is 11.6 Å². The van der Waals surface area contributed by atoms with Crippen molar-refractivity contribution in [2.45, 2.75) is 20.0 Å². The van der Waals surface area contributed by atoms with E-state index in [-0.39, 0.29) is 12.3 Å². The van der Waals surface area contributed by atoms with Gasteiger partial charge in [0.2, 0.25) is 0 Å². The van der Waals surface area contributed by atoms with Gasteiger partial charge in [-0.25, -0.2) is 8.78 Å². The maximum absolute atomic E-state index is 13.5. The van der Waals surface area contributed by atoms with E-state index in [0.29, 0.717) is 30.0 Å². The molecule has 2 aromatic carbocycles. The smallest absolute Gasteiger partial charge is 0.162 e.